The molecule has 0 unspecified atom stereocenters. The van der Waals surface area contributed by atoms with Gasteiger partial charge in [0.25, 0.3) is 11.8 Å². The molecule has 0 spiro atoms. The Kier molecular flexibility index (Phi) is 9.04. The van der Waals surface area contributed by atoms with E-state index in [1.54, 1.807) is 48.2 Å². The Morgan fingerprint density at radius 3 is 2.27 bits per heavy atom. The molecule has 0 aliphatic carbocycles. The number of rotatable bonds is 10. The molecule has 4 rings (SSSR count). The van der Waals surface area contributed by atoms with E-state index in [1.165, 1.54) is 35.4 Å². The second-order valence-corrected chi connectivity index (χ2v) is 8.96. The van der Waals surface area contributed by atoms with Gasteiger partial charge < -0.3 is 10.1 Å². The molecule has 8 heteroatoms. The van der Waals surface area contributed by atoms with Crippen LogP contribution in [0.4, 0.5) is 10.1 Å². The quantitative estimate of drug-likeness (QED) is 0.157. The average Bonchev–Trinajstić information content (AvgIpc) is 2.93. The summed E-state index contributed by atoms with van der Waals surface area (Å²) in [5.74, 6) is 0.290. The van der Waals surface area contributed by atoms with Crippen molar-refractivity contribution in [2.75, 3.05) is 11.9 Å². The van der Waals surface area contributed by atoms with Crippen LogP contribution in [0, 0.1) is 5.82 Å². The molecule has 0 bridgehead atoms. The number of amides is 2. The third kappa shape index (κ3) is 8.33. The first-order valence-corrected chi connectivity index (χ1v) is 12.4. The lowest BCUT2D eigenvalue weighted by Crippen LogP contribution is -2.20. The van der Waals surface area contributed by atoms with E-state index in [2.05, 4.69) is 28.0 Å². The molecule has 0 saturated carbocycles. The number of nitrogens with zero attached hydrogens (tertiary/aromatic N) is 1. The topological polar surface area (TPSA) is 79.8 Å². The first-order chi connectivity index (χ1) is 18.0. The fraction of sp³-hybridized carbons (Fsp3) is 0.0690. The lowest BCUT2D eigenvalue weighted by atomic mass is 10.1. The summed E-state index contributed by atoms with van der Waals surface area (Å²) in [6.07, 6.45) is 1.52. The van der Waals surface area contributed by atoms with Gasteiger partial charge in [0.2, 0.25) is 0 Å². The standard InChI is InChI=1S/C29H24FN3O3S/c30-24-12-14-25(15-13-24)32-28(34)19-36-26-16-8-21(9-17-26)18-31-33-29(35)23-10-6-22(7-11-23)20-37-27-4-2-1-3-5-27/h1-18H,19-20H2,(H,32,34)(H,33,35)/b31-18+. The largest absolute Gasteiger partial charge is 0.484 e. The minimum absolute atomic E-state index is 0.190. The maximum absolute atomic E-state index is 12.9. The number of nitrogens with one attached hydrogen (secondary N) is 2. The van der Waals surface area contributed by atoms with Crippen LogP contribution in [0.15, 0.2) is 113 Å². The SMILES string of the molecule is O=C(COc1ccc(/C=N/NC(=O)c2ccc(CSc3ccccc3)cc2)cc1)Nc1ccc(F)cc1. The summed E-state index contributed by atoms with van der Waals surface area (Å²) >= 11 is 1.74. The number of thioether (sulfide) groups is 1. The zero-order valence-electron chi connectivity index (χ0n) is 19.8. The van der Waals surface area contributed by atoms with Gasteiger partial charge in [-0.15, -0.1) is 11.8 Å². The molecule has 0 radical (unpaired) electrons. The average molecular weight is 514 g/mol. The zero-order chi connectivity index (χ0) is 25.9. The monoisotopic (exact) mass is 513 g/mol. The van der Waals surface area contributed by atoms with Crippen molar-refractivity contribution in [1.82, 2.24) is 5.43 Å². The zero-order valence-corrected chi connectivity index (χ0v) is 20.6. The molecule has 4 aromatic carbocycles. The molecule has 0 atom stereocenters. The molecule has 0 fully saturated rings. The second-order valence-electron chi connectivity index (χ2n) is 7.91. The van der Waals surface area contributed by atoms with Crippen molar-refractivity contribution in [3.8, 4) is 5.75 Å². The number of carbonyl (C=O) groups excluding carboxylic acids is 2. The minimum atomic E-state index is -0.375. The van der Waals surface area contributed by atoms with E-state index < -0.39 is 0 Å². The predicted molar refractivity (Wildman–Crippen MR) is 144 cm³/mol. The van der Waals surface area contributed by atoms with Crippen molar-refractivity contribution in [3.05, 3.63) is 126 Å². The molecule has 0 aromatic heterocycles. The van der Waals surface area contributed by atoms with E-state index in [-0.39, 0.29) is 24.2 Å². The van der Waals surface area contributed by atoms with Crippen molar-refractivity contribution in [3.63, 3.8) is 0 Å². The summed E-state index contributed by atoms with van der Waals surface area (Å²) in [7, 11) is 0. The number of carbonyl (C=O) groups is 2. The van der Waals surface area contributed by atoms with Crippen LogP contribution in [0.25, 0.3) is 0 Å². The highest BCUT2D eigenvalue weighted by Crippen LogP contribution is 2.22. The van der Waals surface area contributed by atoms with Crippen LogP contribution in [-0.4, -0.2) is 24.6 Å². The Hall–Kier alpha value is -4.43. The molecule has 6 nitrogen and oxygen atoms in total. The highest BCUT2D eigenvalue weighted by Gasteiger charge is 2.06. The maximum atomic E-state index is 12.9. The Labute approximate surface area is 218 Å². The van der Waals surface area contributed by atoms with Gasteiger partial charge in [-0.3, -0.25) is 9.59 Å². The molecule has 37 heavy (non-hydrogen) atoms. The van der Waals surface area contributed by atoms with Crippen molar-refractivity contribution in [1.29, 1.82) is 0 Å². The van der Waals surface area contributed by atoms with Gasteiger partial charge in [-0.1, -0.05) is 30.3 Å². The number of hydrogen-bond donors (Lipinski definition) is 2. The molecule has 2 N–H and O–H groups in total. The summed E-state index contributed by atoms with van der Waals surface area (Å²) in [6.45, 7) is -0.190. The van der Waals surface area contributed by atoms with Gasteiger partial charge in [0.1, 0.15) is 11.6 Å². The Morgan fingerprint density at radius 2 is 1.57 bits per heavy atom. The molecule has 2 amide bonds. The molecule has 0 aliphatic heterocycles. The molecule has 0 saturated heterocycles. The van der Waals surface area contributed by atoms with E-state index in [0.29, 0.717) is 17.0 Å². The molecule has 4 aromatic rings. The summed E-state index contributed by atoms with van der Waals surface area (Å²) < 4.78 is 18.4. The number of benzene rings is 4. The Morgan fingerprint density at radius 1 is 0.865 bits per heavy atom. The first kappa shape index (κ1) is 25.7. The van der Waals surface area contributed by atoms with E-state index in [4.69, 9.17) is 4.74 Å². The highest BCUT2D eigenvalue weighted by atomic mass is 32.2. The van der Waals surface area contributed by atoms with Crippen LogP contribution in [0.5, 0.6) is 5.75 Å². The first-order valence-electron chi connectivity index (χ1n) is 11.4. The summed E-state index contributed by atoms with van der Waals surface area (Å²) in [5.41, 5.74) is 5.41. The van der Waals surface area contributed by atoms with Gasteiger partial charge in [0.15, 0.2) is 6.61 Å². The van der Waals surface area contributed by atoms with E-state index >= 15 is 0 Å². The van der Waals surface area contributed by atoms with Crippen molar-refractivity contribution in [2.24, 2.45) is 5.10 Å². The third-order valence-corrected chi connectivity index (χ3v) is 6.21. The van der Waals surface area contributed by atoms with E-state index in [1.807, 2.05) is 30.3 Å². The second kappa shape index (κ2) is 13.0. The van der Waals surface area contributed by atoms with Gasteiger partial charge in [-0.05, 0) is 83.9 Å². The normalized spacial score (nSPS) is 10.7. The van der Waals surface area contributed by atoms with Gasteiger partial charge in [0, 0.05) is 21.9 Å². The van der Waals surface area contributed by atoms with Gasteiger partial charge in [-0.25, -0.2) is 9.82 Å². The van der Waals surface area contributed by atoms with E-state index in [0.717, 1.165) is 16.9 Å². The smallest absolute Gasteiger partial charge is 0.271 e. The van der Waals surface area contributed by atoms with Crippen LogP contribution in [0.1, 0.15) is 21.5 Å². The van der Waals surface area contributed by atoms with Crippen LogP contribution >= 0.6 is 11.8 Å². The van der Waals surface area contributed by atoms with Gasteiger partial charge >= 0.3 is 0 Å². The number of anilines is 1. The minimum Gasteiger partial charge on any atom is -0.484 e. The van der Waals surface area contributed by atoms with E-state index in [9.17, 15) is 14.0 Å². The molecule has 0 aliphatic rings. The van der Waals surface area contributed by atoms with Crippen molar-refractivity contribution >= 4 is 35.5 Å². The molecular formula is C29H24FN3O3S. The fourth-order valence-corrected chi connectivity index (χ4v) is 4.07. The summed E-state index contributed by atoms with van der Waals surface area (Å²) in [6, 6.07) is 30.0. The van der Waals surface area contributed by atoms with Crippen molar-refractivity contribution < 1.29 is 18.7 Å². The van der Waals surface area contributed by atoms with Crippen LogP contribution in [-0.2, 0) is 10.5 Å². The van der Waals surface area contributed by atoms with Crippen LogP contribution in [0.3, 0.4) is 0 Å². The number of ether oxygens (including phenoxy) is 1. The number of hydrazone groups is 1. The molecular weight excluding hydrogens is 489 g/mol. The lowest BCUT2D eigenvalue weighted by molar-refractivity contribution is -0.118. The summed E-state index contributed by atoms with van der Waals surface area (Å²) in [5, 5.41) is 6.64. The maximum Gasteiger partial charge on any atom is 0.271 e. The fourth-order valence-electron chi connectivity index (χ4n) is 3.20. The Bertz CT molecular complexity index is 1340. The third-order valence-electron chi connectivity index (χ3n) is 5.12. The van der Waals surface area contributed by atoms with Crippen molar-refractivity contribution in [2.45, 2.75) is 10.6 Å². The molecule has 0 heterocycles. The predicted octanol–water partition coefficient (Wildman–Crippen LogP) is 5.90. The van der Waals surface area contributed by atoms with Crippen LogP contribution in [0.2, 0.25) is 0 Å². The van der Waals surface area contributed by atoms with Gasteiger partial charge in [0.05, 0.1) is 6.21 Å². The summed E-state index contributed by atoms with van der Waals surface area (Å²) in [4.78, 5) is 25.5. The van der Waals surface area contributed by atoms with Gasteiger partial charge in [-0.2, -0.15) is 5.10 Å². The lowest BCUT2D eigenvalue weighted by Gasteiger charge is -2.07. The Balaban J connectivity index is 1.20. The number of halogens is 1. The van der Waals surface area contributed by atoms with Crippen LogP contribution < -0.4 is 15.5 Å². The number of hydrogen-bond acceptors (Lipinski definition) is 5. The molecule has 186 valence electrons. The highest BCUT2D eigenvalue weighted by molar-refractivity contribution is 7.98.